The monoisotopic (exact) mass is 281 g/mol. The summed E-state index contributed by atoms with van der Waals surface area (Å²) < 4.78 is 28.5. The highest BCUT2D eigenvalue weighted by molar-refractivity contribution is 5.18. The fourth-order valence-corrected chi connectivity index (χ4v) is 1.85. The van der Waals surface area contributed by atoms with E-state index in [-0.39, 0.29) is 25.2 Å². The average Bonchev–Trinajstić information content (AvgIpc) is 2.40. The molecule has 2 aromatic rings. The Morgan fingerprint density at radius 3 is 2.55 bits per heavy atom. The van der Waals surface area contributed by atoms with E-state index in [2.05, 4.69) is 0 Å². The van der Waals surface area contributed by atoms with Crippen LogP contribution in [0.25, 0.3) is 0 Å². The van der Waals surface area contributed by atoms with Gasteiger partial charge in [0.2, 0.25) is 0 Å². The van der Waals surface area contributed by atoms with E-state index >= 15 is 0 Å². The summed E-state index contributed by atoms with van der Waals surface area (Å²) in [5.74, 6) is -1.43. The highest BCUT2D eigenvalue weighted by Crippen LogP contribution is 2.10. The maximum Gasteiger partial charge on any atom is 0.331 e. The lowest BCUT2D eigenvalue weighted by Crippen LogP contribution is -2.40. The van der Waals surface area contributed by atoms with Gasteiger partial charge < -0.3 is 5.73 Å². The van der Waals surface area contributed by atoms with Crippen molar-refractivity contribution in [1.29, 1.82) is 0 Å². The van der Waals surface area contributed by atoms with Crippen LogP contribution < -0.4 is 17.0 Å². The van der Waals surface area contributed by atoms with Crippen molar-refractivity contribution in [2.45, 2.75) is 13.1 Å². The molecule has 2 N–H and O–H groups in total. The predicted molar refractivity (Wildman–Crippen MR) is 69.5 cm³/mol. The normalized spacial score (nSPS) is 10.8. The van der Waals surface area contributed by atoms with Crippen LogP contribution in [-0.4, -0.2) is 15.7 Å². The largest absolute Gasteiger partial charge is 0.331 e. The zero-order chi connectivity index (χ0) is 14.7. The number of halogens is 2. The molecule has 1 heterocycles. The van der Waals surface area contributed by atoms with Gasteiger partial charge in [-0.1, -0.05) is 6.07 Å². The zero-order valence-electron chi connectivity index (χ0n) is 10.6. The molecule has 0 radical (unpaired) electrons. The van der Waals surface area contributed by atoms with E-state index in [0.717, 1.165) is 16.7 Å². The van der Waals surface area contributed by atoms with Gasteiger partial charge in [-0.3, -0.25) is 13.9 Å². The molecule has 1 aromatic carbocycles. The molecule has 0 aliphatic rings. The quantitative estimate of drug-likeness (QED) is 0.876. The highest BCUT2D eigenvalue weighted by atomic mass is 19.1. The summed E-state index contributed by atoms with van der Waals surface area (Å²) in [6, 6.07) is 4.32. The van der Waals surface area contributed by atoms with Crippen LogP contribution in [0.15, 0.2) is 40.1 Å². The minimum Gasteiger partial charge on any atom is -0.329 e. The van der Waals surface area contributed by atoms with Crippen LogP contribution in [0, 0.1) is 11.6 Å². The van der Waals surface area contributed by atoms with Crippen molar-refractivity contribution in [3.8, 4) is 0 Å². The molecule has 0 aliphatic heterocycles. The van der Waals surface area contributed by atoms with Gasteiger partial charge in [0.05, 0.1) is 6.54 Å². The van der Waals surface area contributed by atoms with Gasteiger partial charge in [0.15, 0.2) is 0 Å². The number of benzene rings is 1. The minimum absolute atomic E-state index is 0.0875. The van der Waals surface area contributed by atoms with Gasteiger partial charge in [-0.25, -0.2) is 13.6 Å². The van der Waals surface area contributed by atoms with E-state index in [1.165, 1.54) is 22.9 Å². The van der Waals surface area contributed by atoms with Gasteiger partial charge in [0.25, 0.3) is 5.56 Å². The first kappa shape index (κ1) is 14.1. The number of rotatable bonds is 4. The molecule has 2 rings (SSSR count). The van der Waals surface area contributed by atoms with Crippen molar-refractivity contribution in [1.82, 2.24) is 9.13 Å². The maximum atomic E-state index is 13.6. The second kappa shape index (κ2) is 5.79. The first-order valence-corrected chi connectivity index (χ1v) is 5.97. The van der Waals surface area contributed by atoms with Crippen LogP contribution in [0.3, 0.4) is 0 Å². The van der Waals surface area contributed by atoms with E-state index in [0.29, 0.717) is 0 Å². The Labute approximate surface area is 112 Å². The molecule has 20 heavy (non-hydrogen) atoms. The topological polar surface area (TPSA) is 70.0 Å². The van der Waals surface area contributed by atoms with Crippen LogP contribution >= 0.6 is 0 Å². The van der Waals surface area contributed by atoms with Crippen molar-refractivity contribution < 1.29 is 8.78 Å². The zero-order valence-corrected chi connectivity index (χ0v) is 10.6. The fourth-order valence-electron chi connectivity index (χ4n) is 1.85. The molecule has 0 atom stereocenters. The summed E-state index contributed by atoms with van der Waals surface area (Å²) in [5, 5.41) is 0. The molecule has 1 aromatic heterocycles. The van der Waals surface area contributed by atoms with Crippen LogP contribution in [-0.2, 0) is 13.1 Å². The third-order valence-corrected chi connectivity index (χ3v) is 2.85. The minimum atomic E-state index is -0.742. The van der Waals surface area contributed by atoms with Gasteiger partial charge in [-0.2, -0.15) is 0 Å². The van der Waals surface area contributed by atoms with Gasteiger partial charge in [0, 0.05) is 37.0 Å². The smallest absolute Gasteiger partial charge is 0.329 e. The van der Waals surface area contributed by atoms with E-state index in [4.69, 9.17) is 5.73 Å². The molecule has 0 unspecified atom stereocenters. The molecular weight excluding hydrogens is 268 g/mol. The molecule has 0 saturated heterocycles. The fraction of sp³-hybridized carbons (Fsp3) is 0.231. The lowest BCUT2D eigenvalue weighted by molar-refractivity contribution is 0.546. The van der Waals surface area contributed by atoms with Crippen LogP contribution in [0.2, 0.25) is 0 Å². The van der Waals surface area contributed by atoms with Crippen molar-refractivity contribution in [3.63, 3.8) is 0 Å². The van der Waals surface area contributed by atoms with E-state index < -0.39 is 22.9 Å². The molecule has 0 aliphatic carbocycles. The molecule has 0 amide bonds. The summed E-state index contributed by atoms with van der Waals surface area (Å²) in [5.41, 5.74) is 4.45. The number of hydrogen-bond acceptors (Lipinski definition) is 3. The Kier molecular flexibility index (Phi) is 4.09. The van der Waals surface area contributed by atoms with E-state index in [9.17, 15) is 18.4 Å². The third kappa shape index (κ3) is 2.83. The number of hydrogen-bond donors (Lipinski definition) is 1. The maximum absolute atomic E-state index is 13.6. The summed E-state index contributed by atoms with van der Waals surface area (Å²) in [6.45, 7) is 0.143. The van der Waals surface area contributed by atoms with Gasteiger partial charge in [0.1, 0.15) is 11.6 Å². The second-order valence-electron chi connectivity index (χ2n) is 4.24. The molecule has 0 fully saturated rings. The van der Waals surface area contributed by atoms with Gasteiger partial charge in [-0.15, -0.1) is 0 Å². The Bertz CT molecular complexity index is 737. The highest BCUT2D eigenvalue weighted by Gasteiger charge is 2.08. The Morgan fingerprint density at radius 2 is 1.90 bits per heavy atom. The summed E-state index contributed by atoms with van der Waals surface area (Å²) in [6.07, 6.45) is 1.28. The second-order valence-corrected chi connectivity index (χ2v) is 4.24. The molecule has 7 heteroatoms. The van der Waals surface area contributed by atoms with Gasteiger partial charge >= 0.3 is 5.69 Å². The Morgan fingerprint density at radius 1 is 1.15 bits per heavy atom. The number of nitrogens with zero attached hydrogens (tertiary/aromatic N) is 2. The molecule has 0 spiro atoms. The first-order valence-electron chi connectivity index (χ1n) is 5.97. The van der Waals surface area contributed by atoms with Crippen molar-refractivity contribution in [2.24, 2.45) is 5.73 Å². The number of aromatic nitrogens is 2. The molecule has 106 valence electrons. The lowest BCUT2D eigenvalue weighted by Gasteiger charge is -2.09. The summed E-state index contributed by atoms with van der Waals surface area (Å²) in [4.78, 5) is 23.6. The Balaban J connectivity index is 2.42. The van der Waals surface area contributed by atoms with Crippen LogP contribution in [0.5, 0.6) is 0 Å². The van der Waals surface area contributed by atoms with Gasteiger partial charge in [-0.05, 0) is 6.07 Å². The predicted octanol–water partition coefficient (Wildman–Crippen LogP) is 0.295. The third-order valence-electron chi connectivity index (χ3n) is 2.85. The summed E-state index contributed by atoms with van der Waals surface area (Å²) >= 11 is 0. The summed E-state index contributed by atoms with van der Waals surface area (Å²) in [7, 11) is 0. The van der Waals surface area contributed by atoms with E-state index in [1.807, 2.05) is 0 Å². The Hall–Kier alpha value is -2.28. The number of nitrogens with two attached hydrogens (primary N) is 1. The van der Waals surface area contributed by atoms with Crippen LogP contribution in [0.4, 0.5) is 8.78 Å². The molecule has 0 bridgehead atoms. The van der Waals surface area contributed by atoms with Crippen molar-refractivity contribution in [2.75, 3.05) is 6.54 Å². The first-order chi connectivity index (χ1) is 9.52. The average molecular weight is 281 g/mol. The lowest BCUT2D eigenvalue weighted by atomic mass is 10.2. The van der Waals surface area contributed by atoms with Crippen LogP contribution in [0.1, 0.15) is 5.56 Å². The standard InChI is InChI=1S/C13H13F2N3O2/c14-10-2-1-9(11(15)7-10)8-17-5-3-12(19)18(6-4-16)13(17)20/h1-3,5,7H,4,6,8,16H2. The molecule has 0 saturated carbocycles. The molecular formula is C13H13F2N3O2. The SMILES string of the molecule is NCCn1c(=O)ccn(Cc2ccc(F)cc2F)c1=O. The van der Waals surface area contributed by atoms with Crippen molar-refractivity contribution >= 4 is 0 Å². The van der Waals surface area contributed by atoms with E-state index in [1.54, 1.807) is 0 Å². The molecule has 5 nitrogen and oxygen atoms in total. The van der Waals surface area contributed by atoms with Crippen molar-refractivity contribution in [3.05, 3.63) is 68.5 Å².